The zero-order valence-corrected chi connectivity index (χ0v) is 24.3. The van der Waals surface area contributed by atoms with Gasteiger partial charge in [-0.1, -0.05) is 0 Å². The highest BCUT2D eigenvalue weighted by atomic mass is 16.5. The number of ether oxygens (including phenoxy) is 1. The van der Waals surface area contributed by atoms with Crippen LogP contribution in [0, 0.1) is 0 Å². The van der Waals surface area contributed by atoms with E-state index in [2.05, 4.69) is 26.7 Å². The lowest BCUT2D eigenvalue weighted by Gasteiger charge is -2.28. The molecule has 220 valence electrons. The molecule has 2 aliphatic heterocycles. The Morgan fingerprint density at radius 3 is 2.28 bits per heavy atom. The van der Waals surface area contributed by atoms with Gasteiger partial charge in [0.05, 0.1) is 18.7 Å². The first-order chi connectivity index (χ1) is 20.8. The second kappa shape index (κ2) is 12.0. The quantitative estimate of drug-likeness (QED) is 0.348. The Morgan fingerprint density at radius 2 is 1.65 bits per heavy atom. The summed E-state index contributed by atoms with van der Waals surface area (Å²) >= 11 is 0. The van der Waals surface area contributed by atoms with Crippen LogP contribution < -0.4 is 20.4 Å². The van der Waals surface area contributed by atoms with Crippen molar-refractivity contribution in [1.82, 2.24) is 20.0 Å². The average Bonchev–Trinajstić information content (AvgIpc) is 3.47. The Balaban J connectivity index is 1.22. The maximum Gasteiger partial charge on any atom is 0.323 e. The number of anilines is 4. The van der Waals surface area contributed by atoms with Gasteiger partial charge < -0.3 is 25.2 Å². The predicted octanol–water partition coefficient (Wildman–Crippen LogP) is 4.17. The van der Waals surface area contributed by atoms with Gasteiger partial charge in [0, 0.05) is 81.6 Å². The van der Waals surface area contributed by atoms with E-state index in [-0.39, 0.29) is 17.9 Å². The van der Waals surface area contributed by atoms with Gasteiger partial charge in [-0.2, -0.15) is 5.10 Å². The molecule has 0 saturated carbocycles. The third-order valence-corrected chi connectivity index (χ3v) is 7.57. The molecule has 1 saturated heterocycles. The summed E-state index contributed by atoms with van der Waals surface area (Å²) in [6.45, 7) is 5.01. The van der Waals surface area contributed by atoms with Gasteiger partial charge in [-0.25, -0.2) is 14.8 Å². The number of hydrogen-bond donors (Lipinski definition) is 2. The topological polar surface area (TPSA) is 128 Å². The summed E-state index contributed by atoms with van der Waals surface area (Å²) in [7, 11) is 3.66. The number of urea groups is 1. The van der Waals surface area contributed by atoms with Crippen LogP contribution in [0.25, 0.3) is 22.4 Å². The van der Waals surface area contributed by atoms with Crippen molar-refractivity contribution in [2.75, 3.05) is 67.4 Å². The summed E-state index contributed by atoms with van der Waals surface area (Å²) in [4.78, 5) is 42.6. The van der Waals surface area contributed by atoms with Crippen LogP contribution in [0.2, 0.25) is 0 Å². The summed E-state index contributed by atoms with van der Waals surface area (Å²) in [6.07, 6.45) is 3.84. The molecule has 2 aromatic carbocycles. The summed E-state index contributed by atoms with van der Waals surface area (Å²) in [5.41, 5.74) is 5.39. The maximum atomic E-state index is 12.6. The van der Waals surface area contributed by atoms with Gasteiger partial charge >= 0.3 is 6.03 Å². The van der Waals surface area contributed by atoms with E-state index in [0.29, 0.717) is 30.4 Å². The normalized spacial score (nSPS) is 16.4. The van der Waals surface area contributed by atoms with Crippen LogP contribution in [-0.2, 0) is 9.53 Å². The molecule has 2 N–H and O–H groups in total. The second-order valence-corrected chi connectivity index (χ2v) is 10.6. The summed E-state index contributed by atoms with van der Waals surface area (Å²) < 4.78 is 5.57. The van der Waals surface area contributed by atoms with Crippen LogP contribution in [-0.4, -0.2) is 85.1 Å². The van der Waals surface area contributed by atoms with Crippen molar-refractivity contribution in [3.8, 4) is 11.4 Å². The number of rotatable bonds is 6. The molecule has 12 nitrogen and oxygen atoms in total. The number of fused-ring (bicyclic) bond motifs is 1. The van der Waals surface area contributed by atoms with Gasteiger partial charge in [-0.15, -0.1) is 0 Å². The minimum Gasteiger partial charge on any atom is -0.378 e. The number of nitrogens with zero attached hydrogens (tertiary/aromatic N) is 7. The van der Waals surface area contributed by atoms with Crippen LogP contribution in [0.4, 0.5) is 27.7 Å². The van der Waals surface area contributed by atoms with E-state index in [1.165, 1.54) is 11.8 Å². The average molecular weight is 580 g/mol. The van der Waals surface area contributed by atoms with Crippen molar-refractivity contribution in [2.24, 2.45) is 5.10 Å². The Bertz CT molecular complexity index is 1670. The maximum absolute atomic E-state index is 12.6. The molecule has 0 aliphatic carbocycles. The van der Waals surface area contributed by atoms with E-state index in [0.717, 1.165) is 53.3 Å². The van der Waals surface area contributed by atoms with Gasteiger partial charge in [0.25, 0.3) is 0 Å². The molecule has 2 aliphatic rings. The predicted molar refractivity (Wildman–Crippen MR) is 168 cm³/mol. The molecule has 1 fully saturated rings. The molecule has 1 unspecified atom stereocenters. The van der Waals surface area contributed by atoms with Crippen molar-refractivity contribution in [3.63, 3.8) is 0 Å². The van der Waals surface area contributed by atoms with E-state index >= 15 is 0 Å². The third-order valence-electron chi connectivity index (χ3n) is 7.57. The van der Waals surface area contributed by atoms with Crippen LogP contribution >= 0.6 is 0 Å². The smallest absolute Gasteiger partial charge is 0.323 e. The summed E-state index contributed by atoms with van der Waals surface area (Å²) in [5.74, 6) is 1.45. The molecular formula is C31H33N9O3. The zero-order valence-electron chi connectivity index (χ0n) is 24.3. The highest BCUT2D eigenvalue weighted by Crippen LogP contribution is 2.30. The van der Waals surface area contributed by atoms with Gasteiger partial charge in [-0.3, -0.25) is 14.8 Å². The fourth-order valence-corrected chi connectivity index (χ4v) is 5.06. The van der Waals surface area contributed by atoms with E-state index < -0.39 is 0 Å². The number of hydrazone groups is 1. The Kier molecular flexibility index (Phi) is 7.84. The number of carbonyl (C=O) groups excluding carboxylic acids is 2. The SMILES string of the molecule is CC(=O)N(C)c1ccc(NC(=O)Nc2ccc(-c3nc(N4CCOCC4)c4ncc(C5C=NN(C)C5)cc4n3)cc2)cc1. The third kappa shape index (κ3) is 6.24. The number of hydrogen-bond acceptors (Lipinski definition) is 9. The van der Waals surface area contributed by atoms with Crippen LogP contribution in [0.1, 0.15) is 18.4 Å². The molecule has 4 aromatic rings. The molecule has 0 spiro atoms. The number of nitrogens with one attached hydrogen (secondary N) is 2. The molecule has 0 bridgehead atoms. The monoisotopic (exact) mass is 579 g/mol. The largest absolute Gasteiger partial charge is 0.378 e. The molecule has 0 radical (unpaired) electrons. The lowest BCUT2D eigenvalue weighted by atomic mass is 10.0. The molecular weight excluding hydrogens is 546 g/mol. The molecule has 6 rings (SSSR count). The first-order valence-corrected chi connectivity index (χ1v) is 14.1. The molecule has 4 heterocycles. The lowest BCUT2D eigenvalue weighted by Crippen LogP contribution is -2.37. The number of aromatic nitrogens is 3. The fourth-order valence-electron chi connectivity index (χ4n) is 5.06. The number of pyridine rings is 1. The van der Waals surface area contributed by atoms with E-state index in [9.17, 15) is 9.59 Å². The van der Waals surface area contributed by atoms with Crippen molar-refractivity contribution < 1.29 is 14.3 Å². The summed E-state index contributed by atoms with van der Waals surface area (Å²) in [5, 5.41) is 12.0. The highest BCUT2D eigenvalue weighted by molar-refractivity contribution is 6.00. The van der Waals surface area contributed by atoms with Crippen LogP contribution in [0.5, 0.6) is 0 Å². The van der Waals surface area contributed by atoms with E-state index in [1.807, 2.05) is 48.7 Å². The number of likely N-dealkylation sites (N-methyl/N-ethyl adjacent to an activating group) is 1. The highest BCUT2D eigenvalue weighted by Gasteiger charge is 2.22. The van der Waals surface area contributed by atoms with E-state index in [1.54, 1.807) is 31.3 Å². The zero-order chi connectivity index (χ0) is 29.9. The van der Waals surface area contributed by atoms with Crippen molar-refractivity contribution in [1.29, 1.82) is 0 Å². The van der Waals surface area contributed by atoms with Crippen molar-refractivity contribution in [2.45, 2.75) is 12.8 Å². The van der Waals surface area contributed by atoms with Crippen molar-refractivity contribution >= 4 is 52.1 Å². The van der Waals surface area contributed by atoms with Crippen LogP contribution in [0.15, 0.2) is 65.9 Å². The molecule has 2 aromatic heterocycles. The first kappa shape index (κ1) is 28.0. The van der Waals surface area contributed by atoms with Gasteiger partial charge in [0.2, 0.25) is 5.91 Å². The van der Waals surface area contributed by atoms with Crippen molar-refractivity contribution in [3.05, 3.63) is 66.4 Å². The minimum absolute atomic E-state index is 0.0678. The van der Waals surface area contributed by atoms with E-state index in [4.69, 9.17) is 19.7 Å². The second-order valence-electron chi connectivity index (χ2n) is 10.6. The number of carbonyl (C=O) groups is 2. The Hall–Kier alpha value is -5.10. The molecule has 12 heteroatoms. The lowest BCUT2D eigenvalue weighted by molar-refractivity contribution is -0.116. The van der Waals surface area contributed by atoms with Gasteiger partial charge in [-0.05, 0) is 60.2 Å². The van der Waals surface area contributed by atoms with Gasteiger partial charge in [0.15, 0.2) is 11.6 Å². The molecule has 43 heavy (non-hydrogen) atoms. The summed E-state index contributed by atoms with van der Waals surface area (Å²) in [6, 6.07) is 16.2. The number of benzene rings is 2. The Morgan fingerprint density at radius 1 is 0.977 bits per heavy atom. The standard InChI is InChI=1S/C31H33N9O3/c1-20(41)39(3)26-10-8-25(9-11-26)35-31(42)34-24-6-4-21(5-7-24)29-36-27-16-22(23-18-33-38(2)19-23)17-32-28(27)30(37-29)40-12-14-43-15-13-40/h4-11,16-18,23H,12-15,19H2,1-3H3,(H2,34,35,42). The fraction of sp³-hybridized carbons (Fsp3) is 0.290. The van der Waals surface area contributed by atoms with Gasteiger partial charge in [0.1, 0.15) is 5.52 Å². The Labute approximate surface area is 249 Å². The van der Waals surface area contributed by atoms with Crippen LogP contribution in [0.3, 0.4) is 0 Å². The number of amides is 3. The molecule has 3 amide bonds. The minimum atomic E-state index is -0.378. The molecule has 1 atom stereocenters. The first-order valence-electron chi connectivity index (χ1n) is 14.1. The number of morpholine rings is 1.